The molecule has 0 unspecified atom stereocenters. The van der Waals surface area contributed by atoms with Crippen LogP contribution in [-0.4, -0.2) is 41.1 Å². The number of aromatic nitrogens is 3. The fourth-order valence-corrected chi connectivity index (χ4v) is 3.85. The summed E-state index contributed by atoms with van der Waals surface area (Å²) in [5, 5.41) is 8.34. The molecule has 1 aromatic carbocycles. The predicted molar refractivity (Wildman–Crippen MR) is 115 cm³/mol. The minimum atomic E-state index is 0.426. The van der Waals surface area contributed by atoms with Crippen molar-refractivity contribution in [3.8, 4) is 0 Å². The summed E-state index contributed by atoms with van der Waals surface area (Å²) >= 11 is 0. The highest BCUT2D eigenvalue weighted by Crippen LogP contribution is 2.26. The molecule has 0 amide bonds. The first-order chi connectivity index (χ1) is 13.7. The molecule has 6 heteroatoms. The van der Waals surface area contributed by atoms with Gasteiger partial charge in [0.1, 0.15) is 5.82 Å². The Morgan fingerprint density at radius 2 is 1.64 bits per heavy atom. The Balaban J connectivity index is 1.36. The monoisotopic (exact) mass is 376 g/mol. The van der Waals surface area contributed by atoms with Crippen LogP contribution in [0.2, 0.25) is 0 Å². The van der Waals surface area contributed by atoms with Crippen LogP contribution in [0.25, 0.3) is 10.9 Å². The first-order valence-corrected chi connectivity index (χ1v) is 10.0. The molecule has 6 nitrogen and oxygen atoms in total. The Labute approximate surface area is 166 Å². The second-order valence-corrected chi connectivity index (χ2v) is 7.71. The van der Waals surface area contributed by atoms with Crippen LogP contribution in [-0.2, 0) is 6.54 Å². The van der Waals surface area contributed by atoms with Crippen molar-refractivity contribution in [1.29, 1.82) is 0 Å². The molecule has 4 rings (SSSR count). The standard InChI is InChI=1S/C22H28N6/c1-28(2)21-19-5-3-4-6-20(19)26-22(27-21)25-18-9-7-17(8-10-18)24-15-16-11-13-23-14-12-16/h3-6,11-14,17-18,24H,7-10,15H2,1-2H3,(H,25,26,27)/t17-,18+. The van der Waals surface area contributed by atoms with Gasteiger partial charge in [0.15, 0.2) is 0 Å². The van der Waals surface area contributed by atoms with E-state index in [-0.39, 0.29) is 0 Å². The zero-order valence-electron chi connectivity index (χ0n) is 16.6. The Hall–Kier alpha value is -2.73. The predicted octanol–water partition coefficient (Wildman–Crippen LogP) is 3.60. The second-order valence-electron chi connectivity index (χ2n) is 7.71. The number of anilines is 2. The number of hydrogen-bond donors (Lipinski definition) is 2. The molecule has 1 saturated carbocycles. The number of nitrogens with one attached hydrogen (secondary N) is 2. The lowest BCUT2D eigenvalue weighted by atomic mass is 9.91. The Bertz CT molecular complexity index is 903. The lowest BCUT2D eigenvalue weighted by molar-refractivity contribution is 0.352. The third-order valence-electron chi connectivity index (χ3n) is 5.41. The van der Waals surface area contributed by atoms with Gasteiger partial charge in [-0.2, -0.15) is 4.98 Å². The fraction of sp³-hybridized carbons (Fsp3) is 0.409. The van der Waals surface area contributed by atoms with Gasteiger partial charge in [-0.1, -0.05) is 12.1 Å². The van der Waals surface area contributed by atoms with E-state index in [1.165, 1.54) is 5.56 Å². The Morgan fingerprint density at radius 3 is 2.39 bits per heavy atom. The van der Waals surface area contributed by atoms with Crippen LogP contribution in [0.15, 0.2) is 48.8 Å². The molecule has 28 heavy (non-hydrogen) atoms. The van der Waals surface area contributed by atoms with Gasteiger partial charge in [-0.15, -0.1) is 0 Å². The average Bonchev–Trinajstić information content (AvgIpc) is 2.73. The van der Waals surface area contributed by atoms with Crippen LogP contribution >= 0.6 is 0 Å². The molecule has 3 aromatic rings. The van der Waals surface area contributed by atoms with Gasteiger partial charge < -0.3 is 15.5 Å². The molecule has 0 bridgehead atoms. The third-order valence-corrected chi connectivity index (χ3v) is 5.41. The van der Waals surface area contributed by atoms with Crippen molar-refractivity contribution in [2.45, 2.75) is 44.3 Å². The maximum atomic E-state index is 4.77. The minimum Gasteiger partial charge on any atom is -0.362 e. The molecule has 2 N–H and O–H groups in total. The number of nitrogens with zero attached hydrogens (tertiary/aromatic N) is 4. The maximum absolute atomic E-state index is 4.77. The van der Waals surface area contributed by atoms with E-state index in [0.29, 0.717) is 12.1 Å². The first kappa shape index (κ1) is 18.6. The van der Waals surface area contributed by atoms with Gasteiger partial charge in [0.25, 0.3) is 0 Å². The molecular weight excluding hydrogens is 348 g/mol. The highest BCUT2D eigenvalue weighted by atomic mass is 15.2. The van der Waals surface area contributed by atoms with Crippen molar-refractivity contribution in [2.75, 3.05) is 24.3 Å². The summed E-state index contributed by atoms with van der Waals surface area (Å²) in [5.74, 6) is 1.69. The lowest BCUT2D eigenvalue weighted by Crippen LogP contribution is -2.37. The zero-order chi connectivity index (χ0) is 19.3. The molecule has 2 heterocycles. The summed E-state index contributed by atoms with van der Waals surface area (Å²) in [6, 6.07) is 13.3. The van der Waals surface area contributed by atoms with E-state index in [1.807, 2.05) is 38.6 Å². The number of rotatable bonds is 6. The molecule has 0 radical (unpaired) electrons. The minimum absolute atomic E-state index is 0.426. The molecular formula is C22H28N6. The van der Waals surface area contributed by atoms with Gasteiger partial charge in [-0.25, -0.2) is 4.98 Å². The van der Waals surface area contributed by atoms with Gasteiger partial charge in [-0.05, 0) is 55.5 Å². The molecule has 0 atom stereocenters. The number of benzene rings is 1. The molecule has 1 aliphatic carbocycles. The van der Waals surface area contributed by atoms with Gasteiger partial charge in [-0.3, -0.25) is 4.98 Å². The summed E-state index contributed by atoms with van der Waals surface area (Å²) in [6.07, 6.45) is 8.28. The van der Waals surface area contributed by atoms with E-state index >= 15 is 0 Å². The molecule has 146 valence electrons. The molecule has 0 saturated heterocycles. The van der Waals surface area contributed by atoms with E-state index in [1.54, 1.807) is 0 Å². The summed E-state index contributed by atoms with van der Waals surface area (Å²) in [6.45, 7) is 0.908. The SMILES string of the molecule is CN(C)c1nc(N[C@H]2CC[C@@H](NCc3ccncc3)CC2)nc2ccccc12. The number of pyridine rings is 1. The van der Waals surface area contributed by atoms with Crippen molar-refractivity contribution in [1.82, 2.24) is 20.3 Å². The Kier molecular flexibility index (Phi) is 5.67. The van der Waals surface area contributed by atoms with Crippen LogP contribution in [0.5, 0.6) is 0 Å². The number of fused-ring (bicyclic) bond motifs is 1. The fourth-order valence-electron chi connectivity index (χ4n) is 3.85. The van der Waals surface area contributed by atoms with E-state index < -0.39 is 0 Å². The highest BCUT2D eigenvalue weighted by Gasteiger charge is 2.22. The van der Waals surface area contributed by atoms with Gasteiger partial charge in [0.05, 0.1) is 5.52 Å². The van der Waals surface area contributed by atoms with Gasteiger partial charge in [0, 0.05) is 50.5 Å². The van der Waals surface area contributed by atoms with E-state index in [4.69, 9.17) is 9.97 Å². The van der Waals surface area contributed by atoms with E-state index in [0.717, 1.165) is 54.9 Å². The summed E-state index contributed by atoms with van der Waals surface area (Å²) in [4.78, 5) is 15.6. The maximum Gasteiger partial charge on any atom is 0.225 e. The molecule has 1 aliphatic rings. The lowest BCUT2D eigenvalue weighted by Gasteiger charge is -2.30. The molecule has 0 aliphatic heterocycles. The van der Waals surface area contributed by atoms with Crippen molar-refractivity contribution in [3.05, 3.63) is 54.4 Å². The van der Waals surface area contributed by atoms with E-state index in [9.17, 15) is 0 Å². The topological polar surface area (TPSA) is 66.0 Å². The van der Waals surface area contributed by atoms with E-state index in [2.05, 4.69) is 44.8 Å². The van der Waals surface area contributed by atoms with Crippen molar-refractivity contribution in [3.63, 3.8) is 0 Å². The average molecular weight is 377 g/mol. The smallest absolute Gasteiger partial charge is 0.225 e. The van der Waals surface area contributed by atoms with Crippen LogP contribution in [0.1, 0.15) is 31.2 Å². The molecule has 1 fully saturated rings. The van der Waals surface area contributed by atoms with Crippen LogP contribution in [0.3, 0.4) is 0 Å². The third kappa shape index (κ3) is 4.39. The van der Waals surface area contributed by atoms with Crippen molar-refractivity contribution < 1.29 is 0 Å². The number of hydrogen-bond acceptors (Lipinski definition) is 6. The largest absolute Gasteiger partial charge is 0.362 e. The van der Waals surface area contributed by atoms with Crippen LogP contribution < -0.4 is 15.5 Å². The summed E-state index contributed by atoms with van der Waals surface area (Å²) in [7, 11) is 4.05. The Morgan fingerprint density at radius 1 is 0.929 bits per heavy atom. The van der Waals surface area contributed by atoms with Crippen LogP contribution in [0, 0.1) is 0 Å². The second kappa shape index (κ2) is 8.52. The number of para-hydroxylation sites is 1. The first-order valence-electron chi connectivity index (χ1n) is 10.0. The normalized spacial score (nSPS) is 19.5. The van der Waals surface area contributed by atoms with Crippen LogP contribution in [0.4, 0.5) is 11.8 Å². The van der Waals surface area contributed by atoms with Gasteiger partial charge in [0.2, 0.25) is 5.95 Å². The summed E-state index contributed by atoms with van der Waals surface area (Å²) in [5.41, 5.74) is 2.27. The van der Waals surface area contributed by atoms with Crippen molar-refractivity contribution in [2.24, 2.45) is 0 Å². The van der Waals surface area contributed by atoms with Gasteiger partial charge >= 0.3 is 0 Å². The van der Waals surface area contributed by atoms with Crippen molar-refractivity contribution >= 4 is 22.7 Å². The summed E-state index contributed by atoms with van der Waals surface area (Å²) < 4.78 is 0. The highest BCUT2D eigenvalue weighted by molar-refractivity contribution is 5.90. The molecule has 0 spiro atoms. The quantitative estimate of drug-likeness (QED) is 0.685. The zero-order valence-corrected chi connectivity index (χ0v) is 16.6. The molecule has 2 aromatic heterocycles.